The molecule has 20 heavy (non-hydrogen) atoms. The highest BCUT2D eigenvalue weighted by atomic mass is 19.3. The first-order valence-electron chi connectivity index (χ1n) is 7.25. The lowest BCUT2D eigenvalue weighted by atomic mass is 10.0. The minimum Gasteiger partial charge on any atom is -0.207 e. The smallest absolute Gasteiger partial charge is 0.207 e. The summed E-state index contributed by atoms with van der Waals surface area (Å²) in [6.07, 6.45) is 3.02. The van der Waals surface area contributed by atoms with Gasteiger partial charge < -0.3 is 0 Å². The molecule has 2 aromatic rings. The summed E-state index contributed by atoms with van der Waals surface area (Å²) in [6.45, 7) is 3.28. The van der Waals surface area contributed by atoms with Crippen molar-refractivity contribution in [2.45, 2.75) is 44.4 Å². The number of aryl methyl sites for hydroxylation is 1. The van der Waals surface area contributed by atoms with Gasteiger partial charge in [0, 0.05) is 12.8 Å². The zero-order valence-electron chi connectivity index (χ0n) is 11.7. The molecule has 0 aliphatic carbocycles. The Morgan fingerprint density at radius 3 is 2.40 bits per heavy atom. The van der Waals surface area contributed by atoms with E-state index in [2.05, 4.69) is 37.3 Å². The van der Waals surface area contributed by atoms with Crippen molar-refractivity contribution in [1.82, 2.24) is 0 Å². The number of rotatable bonds is 7. The summed E-state index contributed by atoms with van der Waals surface area (Å²) in [6, 6.07) is 14.7. The third kappa shape index (κ3) is 4.29. The van der Waals surface area contributed by atoms with E-state index in [9.17, 15) is 8.78 Å². The molecule has 0 N–H and O–H groups in total. The number of unbranched alkanes of at least 4 members (excludes halogenated alkanes) is 2. The monoisotopic (exact) mass is 275 g/mol. The molecule has 2 aromatic carbocycles. The first-order chi connectivity index (χ1) is 9.61. The van der Waals surface area contributed by atoms with Gasteiger partial charge in [0.2, 0.25) is 5.92 Å². The predicted octanol–water partition coefficient (Wildman–Crippen LogP) is 5.80. The van der Waals surface area contributed by atoms with Crippen molar-refractivity contribution in [2.24, 2.45) is 0 Å². The van der Waals surface area contributed by atoms with Crippen LogP contribution in [0.25, 0.3) is 10.8 Å². The second-order valence-electron chi connectivity index (χ2n) is 5.35. The highest BCUT2D eigenvalue weighted by Gasteiger charge is 2.24. The van der Waals surface area contributed by atoms with Crippen LogP contribution in [0, 0.1) is 6.92 Å². The quantitative estimate of drug-likeness (QED) is 0.560. The molecule has 0 heterocycles. The van der Waals surface area contributed by atoms with E-state index in [1.807, 2.05) is 12.1 Å². The summed E-state index contributed by atoms with van der Waals surface area (Å²) in [5.74, 6) is -2.58. The van der Waals surface area contributed by atoms with E-state index in [4.69, 9.17) is 0 Å². The van der Waals surface area contributed by atoms with Crippen LogP contribution in [0.3, 0.4) is 0 Å². The van der Waals surface area contributed by atoms with E-state index >= 15 is 0 Å². The van der Waals surface area contributed by atoms with E-state index in [1.165, 1.54) is 16.3 Å². The molecule has 0 aliphatic heterocycles. The van der Waals surface area contributed by atoms with Crippen LogP contribution in [0.15, 0.2) is 42.5 Å². The standard InChI is InChI=1S/C18H21F2/c1-2-18(19,20)13-7-3-4-8-15-11-12-16-9-5-6-10-17(16)14-15/h5-6,9-12,14H,1-4,7-8,13H2. The summed E-state index contributed by atoms with van der Waals surface area (Å²) < 4.78 is 26.0. The van der Waals surface area contributed by atoms with Gasteiger partial charge >= 0.3 is 0 Å². The van der Waals surface area contributed by atoms with Gasteiger partial charge in [0.25, 0.3) is 0 Å². The number of halogens is 2. The predicted molar refractivity (Wildman–Crippen MR) is 81.0 cm³/mol. The van der Waals surface area contributed by atoms with Crippen LogP contribution < -0.4 is 0 Å². The van der Waals surface area contributed by atoms with Gasteiger partial charge in [-0.2, -0.15) is 0 Å². The van der Waals surface area contributed by atoms with E-state index in [0.717, 1.165) is 19.3 Å². The molecule has 0 bridgehead atoms. The van der Waals surface area contributed by atoms with E-state index in [0.29, 0.717) is 6.42 Å². The van der Waals surface area contributed by atoms with Gasteiger partial charge in [-0.3, -0.25) is 0 Å². The molecule has 0 fully saturated rings. The minimum absolute atomic E-state index is 0.0335. The van der Waals surface area contributed by atoms with Crippen molar-refractivity contribution in [3.63, 3.8) is 0 Å². The van der Waals surface area contributed by atoms with Gasteiger partial charge in [0.05, 0.1) is 0 Å². The van der Waals surface area contributed by atoms with Crippen molar-refractivity contribution >= 4 is 10.8 Å². The average Bonchev–Trinajstić information content (AvgIpc) is 2.46. The average molecular weight is 275 g/mol. The summed E-state index contributed by atoms with van der Waals surface area (Å²) in [5.41, 5.74) is 1.28. The molecule has 1 radical (unpaired) electrons. The Morgan fingerprint density at radius 2 is 1.65 bits per heavy atom. The number of benzene rings is 2. The van der Waals surface area contributed by atoms with Gasteiger partial charge in [0.15, 0.2) is 0 Å². The molecule has 0 unspecified atom stereocenters. The maximum Gasteiger partial charge on any atom is 0.248 e. The zero-order valence-corrected chi connectivity index (χ0v) is 11.7. The fourth-order valence-corrected chi connectivity index (χ4v) is 2.41. The Morgan fingerprint density at radius 1 is 0.900 bits per heavy atom. The maximum atomic E-state index is 13.0. The highest BCUT2D eigenvalue weighted by molar-refractivity contribution is 5.82. The number of alkyl halides is 2. The van der Waals surface area contributed by atoms with Crippen molar-refractivity contribution in [2.75, 3.05) is 0 Å². The Labute approximate surface area is 119 Å². The van der Waals surface area contributed by atoms with Crippen LogP contribution in [0.1, 0.15) is 37.7 Å². The lowest BCUT2D eigenvalue weighted by Gasteiger charge is -2.13. The van der Waals surface area contributed by atoms with Crippen molar-refractivity contribution in [3.05, 3.63) is 55.0 Å². The van der Waals surface area contributed by atoms with Crippen LogP contribution in [0.5, 0.6) is 0 Å². The number of hydrogen-bond acceptors (Lipinski definition) is 0. The molecule has 107 valence electrons. The maximum absolute atomic E-state index is 13.0. The Kier molecular flexibility index (Phi) is 5.11. The fraction of sp³-hybridized carbons (Fsp3) is 0.389. The molecule has 0 aliphatic rings. The molecular weight excluding hydrogens is 254 g/mol. The SMILES string of the molecule is [CH2]CC(F)(F)CCCCCc1ccc2ccccc2c1. The van der Waals surface area contributed by atoms with Crippen molar-refractivity contribution in [1.29, 1.82) is 0 Å². The summed E-state index contributed by atoms with van der Waals surface area (Å²) in [7, 11) is 0. The van der Waals surface area contributed by atoms with Gasteiger partial charge in [-0.05, 0) is 42.5 Å². The molecule has 0 saturated carbocycles. The highest BCUT2D eigenvalue weighted by Crippen LogP contribution is 2.25. The molecule has 2 heteroatoms. The molecule has 0 saturated heterocycles. The Balaban J connectivity index is 1.78. The van der Waals surface area contributed by atoms with Crippen LogP contribution >= 0.6 is 0 Å². The molecule has 0 nitrogen and oxygen atoms in total. The second-order valence-corrected chi connectivity index (χ2v) is 5.35. The molecule has 0 aromatic heterocycles. The van der Waals surface area contributed by atoms with E-state index < -0.39 is 5.92 Å². The lowest BCUT2D eigenvalue weighted by molar-refractivity contribution is -0.00748. The molecule has 0 spiro atoms. The Bertz CT molecular complexity index is 546. The summed E-state index contributed by atoms with van der Waals surface area (Å²) in [5, 5.41) is 2.49. The summed E-state index contributed by atoms with van der Waals surface area (Å²) in [4.78, 5) is 0. The van der Waals surface area contributed by atoms with Gasteiger partial charge in [-0.1, -0.05) is 48.9 Å². The van der Waals surface area contributed by atoms with Crippen molar-refractivity contribution < 1.29 is 8.78 Å². The zero-order chi connectivity index (χ0) is 14.4. The van der Waals surface area contributed by atoms with Crippen LogP contribution in [-0.2, 0) is 6.42 Å². The van der Waals surface area contributed by atoms with Gasteiger partial charge in [-0.25, -0.2) is 8.78 Å². The van der Waals surface area contributed by atoms with Gasteiger partial charge in [0.1, 0.15) is 0 Å². The van der Waals surface area contributed by atoms with Crippen molar-refractivity contribution in [3.8, 4) is 0 Å². The van der Waals surface area contributed by atoms with Gasteiger partial charge in [-0.15, -0.1) is 0 Å². The lowest BCUT2D eigenvalue weighted by Crippen LogP contribution is -2.13. The molecular formula is C18H21F2. The van der Waals surface area contributed by atoms with Crippen LogP contribution in [-0.4, -0.2) is 5.92 Å². The summed E-state index contributed by atoms with van der Waals surface area (Å²) >= 11 is 0. The minimum atomic E-state index is -2.58. The normalized spacial score (nSPS) is 11.9. The molecule has 2 rings (SSSR count). The van der Waals surface area contributed by atoms with Crippen LogP contribution in [0.4, 0.5) is 8.78 Å². The fourth-order valence-electron chi connectivity index (χ4n) is 2.41. The third-order valence-corrected chi connectivity index (χ3v) is 3.69. The van der Waals surface area contributed by atoms with Crippen LogP contribution in [0.2, 0.25) is 0 Å². The van der Waals surface area contributed by atoms with E-state index in [-0.39, 0.29) is 12.8 Å². The second kappa shape index (κ2) is 6.83. The largest absolute Gasteiger partial charge is 0.248 e. The third-order valence-electron chi connectivity index (χ3n) is 3.69. The van der Waals surface area contributed by atoms with E-state index in [1.54, 1.807) is 0 Å². The topological polar surface area (TPSA) is 0 Å². The molecule has 0 atom stereocenters. The Hall–Kier alpha value is -1.44. The number of fused-ring (bicyclic) bond motifs is 1. The first-order valence-corrected chi connectivity index (χ1v) is 7.25. The first kappa shape index (κ1) is 15.0. The number of hydrogen-bond donors (Lipinski definition) is 0. The molecule has 0 amide bonds.